The van der Waals surface area contributed by atoms with E-state index in [2.05, 4.69) is 0 Å². The maximum Gasteiger partial charge on any atom is 0.323 e. The zero-order valence-corrected chi connectivity index (χ0v) is 10.5. The van der Waals surface area contributed by atoms with Crippen molar-refractivity contribution in [2.24, 2.45) is 0 Å². The molecule has 0 rings (SSSR count). The number of carbonyl (C=O) groups is 2. The van der Waals surface area contributed by atoms with E-state index in [1.165, 1.54) is 9.80 Å². The first-order chi connectivity index (χ1) is 7.93. The Labute approximate surface area is 101 Å². The number of amides is 2. The number of aliphatic carboxylic acids is 1. The molecule has 0 aliphatic carbocycles. The van der Waals surface area contributed by atoms with Crippen LogP contribution in [0.1, 0.15) is 26.7 Å². The summed E-state index contributed by atoms with van der Waals surface area (Å²) in [6.07, 6.45) is 0.925. The molecule has 6 nitrogen and oxygen atoms in total. The third kappa shape index (κ3) is 5.20. The molecule has 1 N–H and O–H groups in total. The summed E-state index contributed by atoms with van der Waals surface area (Å²) in [5.74, 6) is -1.03. The molecule has 0 heterocycles. The van der Waals surface area contributed by atoms with Crippen molar-refractivity contribution in [2.45, 2.75) is 32.7 Å². The number of nitriles is 1. The molecular weight excluding hydrogens is 222 g/mol. The van der Waals surface area contributed by atoms with Crippen LogP contribution in [0, 0.1) is 11.3 Å². The molecule has 0 aromatic carbocycles. The minimum absolute atomic E-state index is 0.136. The Morgan fingerprint density at radius 2 is 2.06 bits per heavy atom. The van der Waals surface area contributed by atoms with Crippen LogP contribution >= 0.6 is 0 Å². The van der Waals surface area contributed by atoms with Gasteiger partial charge in [-0.25, -0.2) is 4.79 Å². The van der Waals surface area contributed by atoms with Crippen molar-refractivity contribution in [3.05, 3.63) is 0 Å². The summed E-state index contributed by atoms with van der Waals surface area (Å²) in [5.41, 5.74) is 0. The molecule has 0 aromatic rings. The minimum Gasteiger partial charge on any atom is -0.480 e. The Hall–Kier alpha value is -1.77. The topological polar surface area (TPSA) is 84.6 Å². The fraction of sp³-hybridized carbons (Fsp3) is 0.727. The summed E-state index contributed by atoms with van der Waals surface area (Å²) >= 11 is 0. The van der Waals surface area contributed by atoms with Crippen LogP contribution in [0.4, 0.5) is 4.79 Å². The highest BCUT2D eigenvalue weighted by Gasteiger charge is 2.24. The number of carbonyl (C=O) groups excluding carboxylic acids is 1. The van der Waals surface area contributed by atoms with Gasteiger partial charge < -0.3 is 14.9 Å². The van der Waals surface area contributed by atoms with Crippen molar-refractivity contribution in [1.82, 2.24) is 9.80 Å². The van der Waals surface area contributed by atoms with Crippen molar-refractivity contribution in [2.75, 3.05) is 20.1 Å². The van der Waals surface area contributed by atoms with Gasteiger partial charge in [0.25, 0.3) is 0 Å². The smallest absolute Gasteiger partial charge is 0.323 e. The Bertz CT molecular complexity index is 312. The lowest BCUT2D eigenvalue weighted by molar-refractivity contribution is -0.138. The Morgan fingerprint density at radius 3 is 2.47 bits per heavy atom. The van der Waals surface area contributed by atoms with Crippen LogP contribution in [0.15, 0.2) is 0 Å². The molecule has 17 heavy (non-hydrogen) atoms. The maximum atomic E-state index is 12.0. The zero-order valence-electron chi connectivity index (χ0n) is 10.5. The van der Waals surface area contributed by atoms with E-state index in [1.54, 1.807) is 14.0 Å². The second kappa shape index (κ2) is 7.49. The lowest BCUT2D eigenvalue weighted by atomic mass is 10.2. The highest BCUT2D eigenvalue weighted by atomic mass is 16.4. The Balaban J connectivity index is 4.62. The van der Waals surface area contributed by atoms with Crippen LogP contribution < -0.4 is 0 Å². The van der Waals surface area contributed by atoms with E-state index in [1.807, 2.05) is 13.0 Å². The maximum absolute atomic E-state index is 12.0. The average Bonchev–Trinajstić information content (AvgIpc) is 2.30. The lowest BCUT2D eigenvalue weighted by Crippen LogP contribution is -2.48. The molecule has 0 bridgehead atoms. The van der Waals surface area contributed by atoms with E-state index < -0.39 is 5.97 Å². The molecule has 0 radical (unpaired) electrons. The molecule has 96 valence electrons. The molecule has 0 saturated heterocycles. The van der Waals surface area contributed by atoms with E-state index in [4.69, 9.17) is 10.4 Å². The van der Waals surface area contributed by atoms with Crippen molar-refractivity contribution < 1.29 is 14.7 Å². The quantitative estimate of drug-likeness (QED) is 0.755. The summed E-state index contributed by atoms with van der Waals surface area (Å²) in [7, 11) is 1.57. The normalized spacial score (nSPS) is 11.4. The van der Waals surface area contributed by atoms with Gasteiger partial charge in [0.05, 0.1) is 12.5 Å². The van der Waals surface area contributed by atoms with E-state index in [9.17, 15) is 9.59 Å². The van der Waals surface area contributed by atoms with E-state index >= 15 is 0 Å². The third-order valence-electron chi connectivity index (χ3n) is 2.56. The van der Waals surface area contributed by atoms with E-state index in [0.29, 0.717) is 13.0 Å². The van der Waals surface area contributed by atoms with Crippen LogP contribution in [0.25, 0.3) is 0 Å². The predicted molar refractivity (Wildman–Crippen MR) is 62.4 cm³/mol. The number of rotatable bonds is 6. The van der Waals surface area contributed by atoms with Crippen LogP contribution in [0.2, 0.25) is 0 Å². The van der Waals surface area contributed by atoms with E-state index in [-0.39, 0.29) is 25.0 Å². The van der Waals surface area contributed by atoms with Gasteiger partial charge in [0.2, 0.25) is 0 Å². The first kappa shape index (κ1) is 15.2. The molecule has 1 atom stereocenters. The SMILES string of the molecule is CCC(C)N(CC(=O)O)C(=O)N(C)CCC#N. The van der Waals surface area contributed by atoms with Gasteiger partial charge in [0.15, 0.2) is 0 Å². The molecule has 0 aromatic heterocycles. The van der Waals surface area contributed by atoms with Gasteiger partial charge in [-0.2, -0.15) is 5.26 Å². The molecular formula is C11H19N3O3. The number of nitrogens with zero attached hydrogens (tertiary/aromatic N) is 3. The molecule has 2 amide bonds. The Morgan fingerprint density at radius 1 is 1.47 bits per heavy atom. The molecule has 0 fully saturated rings. The van der Waals surface area contributed by atoms with Crippen LogP contribution in [-0.2, 0) is 4.79 Å². The number of urea groups is 1. The molecule has 0 saturated carbocycles. The number of carboxylic acid groups (broad SMARTS) is 1. The average molecular weight is 241 g/mol. The molecule has 0 aliphatic heterocycles. The first-order valence-corrected chi connectivity index (χ1v) is 5.54. The second-order valence-corrected chi connectivity index (χ2v) is 3.89. The summed E-state index contributed by atoms with van der Waals surface area (Å²) in [6.45, 7) is 3.69. The predicted octanol–water partition coefficient (Wildman–Crippen LogP) is 1.14. The number of hydrogen-bond donors (Lipinski definition) is 1. The van der Waals surface area contributed by atoms with E-state index in [0.717, 1.165) is 0 Å². The summed E-state index contributed by atoms with van der Waals surface area (Å²) in [4.78, 5) is 25.3. The van der Waals surface area contributed by atoms with Gasteiger partial charge >= 0.3 is 12.0 Å². The van der Waals surface area contributed by atoms with Crippen LogP contribution in [0.3, 0.4) is 0 Å². The van der Waals surface area contributed by atoms with Crippen LogP contribution in [0.5, 0.6) is 0 Å². The van der Waals surface area contributed by atoms with Gasteiger partial charge in [0.1, 0.15) is 6.54 Å². The zero-order chi connectivity index (χ0) is 13.4. The highest BCUT2D eigenvalue weighted by molar-refractivity contribution is 5.80. The monoisotopic (exact) mass is 241 g/mol. The highest BCUT2D eigenvalue weighted by Crippen LogP contribution is 2.07. The van der Waals surface area contributed by atoms with Gasteiger partial charge in [-0.05, 0) is 13.3 Å². The molecule has 6 heteroatoms. The molecule has 1 unspecified atom stereocenters. The van der Waals surface area contributed by atoms with Gasteiger partial charge in [-0.3, -0.25) is 4.79 Å². The molecule has 0 aliphatic rings. The minimum atomic E-state index is -1.03. The van der Waals surface area contributed by atoms with Crippen molar-refractivity contribution in [1.29, 1.82) is 5.26 Å². The fourth-order valence-electron chi connectivity index (χ4n) is 1.31. The molecule has 0 spiro atoms. The summed E-state index contributed by atoms with van der Waals surface area (Å²) in [5, 5.41) is 17.2. The van der Waals surface area contributed by atoms with Crippen molar-refractivity contribution in [3.63, 3.8) is 0 Å². The standard InChI is InChI=1S/C11H19N3O3/c1-4-9(2)14(8-10(15)16)11(17)13(3)7-5-6-12/h9H,4-5,7-8H2,1-3H3,(H,15,16). The Kier molecular flexibility index (Phi) is 6.71. The van der Waals surface area contributed by atoms with Crippen LogP contribution in [-0.4, -0.2) is 53.1 Å². The second-order valence-electron chi connectivity index (χ2n) is 3.89. The first-order valence-electron chi connectivity index (χ1n) is 5.54. The van der Waals surface area contributed by atoms with Gasteiger partial charge in [-0.1, -0.05) is 6.92 Å². The third-order valence-corrected chi connectivity index (χ3v) is 2.56. The fourth-order valence-corrected chi connectivity index (χ4v) is 1.31. The van der Waals surface area contributed by atoms with Gasteiger partial charge in [0, 0.05) is 19.6 Å². The summed E-state index contributed by atoms with van der Waals surface area (Å²) in [6, 6.07) is 1.46. The largest absolute Gasteiger partial charge is 0.480 e. The lowest BCUT2D eigenvalue weighted by Gasteiger charge is -2.31. The number of carboxylic acids is 1. The van der Waals surface area contributed by atoms with Crippen molar-refractivity contribution in [3.8, 4) is 6.07 Å². The van der Waals surface area contributed by atoms with Crippen molar-refractivity contribution >= 4 is 12.0 Å². The summed E-state index contributed by atoms with van der Waals surface area (Å²) < 4.78 is 0. The van der Waals surface area contributed by atoms with Gasteiger partial charge in [-0.15, -0.1) is 0 Å². The number of hydrogen-bond acceptors (Lipinski definition) is 3.